The molecule has 18 heavy (non-hydrogen) atoms. The van der Waals surface area contributed by atoms with Gasteiger partial charge in [-0.3, -0.25) is 0 Å². The second-order valence-corrected chi connectivity index (χ2v) is 7.34. The fourth-order valence-corrected chi connectivity index (χ4v) is 4.58. The maximum absolute atomic E-state index is 12.3. The summed E-state index contributed by atoms with van der Waals surface area (Å²) >= 11 is 0. The molecule has 5 nitrogen and oxygen atoms in total. The zero-order chi connectivity index (χ0) is 13.0. The van der Waals surface area contributed by atoms with Crippen molar-refractivity contribution < 1.29 is 8.42 Å². The molecule has 2 fully saturated rings. The Hall–Kier alpha value is -0.170. The zero-order valence-corrected chi connectivity index (χ0v) is 12.0. The third-order valence-electron chi connectivity index (χ3n) is 4.01. The van der Waals surface area contributed by atoms with Gasteiger partial charge in [-0.1, -0.05) is 6.92 Å². The molecule has 0 aromatic rings. The van der Waals surface area contributed by atoms with Crippen LogP contribution < -0.4 is 10.0 Å². The number of likely N-dealkylation sites (tertiary alicyclic amines) is 1. The van der Waals surface area contributed by atoms with E-state index in [0.29, 0.717) is 0 Å². The van der Waals surface area contributed by atoms with Gasteiger partial charge in [-0.15, -0.1) is 0 Å². The number of hydrogen-bond acceptors (Lipinski definition) is 4. The maximum Gasteiger partial charge on any atom is 0.214 e. The van der Waals surface area contributed by atoms with Gasteiger partial charge in [0.1, 0.15) is 0 Å². The van der Waals surface area contributed by atoms with Crippen molar-refractivity contribution in [2.45, 2.75) is 43.9 Å². The van der Waals surface area contributed by atoms with Crippen LogP contribution in [0, 0.1) is 0 Å². The molecule has 2 rings (SSSR count). The molecule has 0 spiro atoms. The number of sulfonamides is 1. The Morgan fingerprint density at radius 3 is 2.67 bits per heavy atom. The van der Waals surface area contributed by atoms with Gasteiger partial charge in [0.2, 0.25) is 10.0 Å². The second kappa shape index (κ2) is 6.32. The first-order chi connectivity index (χ1) is 8.62. The summed E-state index contributed by atoms with van der Waals surface area (Å²) in [4.78, 5) is 2.32. The molecule has 2 aliphatic heterocycles. The molecule has 0 radical (unpaired) electrons. The van der Waals surface area contributed by atoms with Crippen molar-refractivity contribution in [3.05, 3.63) is 0 Å². The van der Waals surface area contributed by atoms with E-state index in [0.717, 1.165) is 58.4 Å². The maximum atomic E-state index is 12.3. The first-order valence-corrected chi connectivity index (χ1v) is 8.60. The molecule has 2 heterocycles. The Balaban J connectivity index is 1.90. The minimum absolute atomic E-state index is 0.110. The van der Waals surface area contributed by atoms with Crippen molar-refractivity contribution in [3.8, 4) is 0 Å². The van der Waals surface area contributed by atoms with Crippen LogP contribution >= 0.6 is 0 Å². The summed E-state index contributed by atoms with van der Waals surface area (Å²) in [6, 6.07) is 0.110. The summed E-state index contributed by atoms with van der Waals surface area (Å²) in [7, 11) is -3.13. The predicted octanol–water partition coefficient (Wildman–Crippen LogP) is 0.142. The average molecular weight is 275 g/mol. The van der Waals surface area contributed by atoms with Crippen molar-refractivity contribution in [1.82, 2.24) is 14.9 Å². The summed E-state index contributed by atoms with van der Waals surface area (Å²) in [6.07, 6.45) is 3.53. The number of nitrogens with one attached hydrogen (secondary N) is 2. The van der Waals surface area contributed by atoms with Crippen molar-refractivity contribution in [2.75, 3.05) is 32.7 Å². The van der Waals surface area contributed by atoms with Crippen molar-refractivity contribution >= 4 is 10.0 Å². The monoisotopic (exact) mass is 275 g/mol. The van der Waals surface area contributed by atoms with Crippen LogP contribution in [0.4, 0.5) is 0 Å². The highest BCUT2D eigenvalue weighted by Crippen LogP contribution is 2.16. The molecule has 6 heteroatoms. The summed E-state index contributed by atoms with van der Waals surface area (Å²) in [5.41, 5.74) is 0. The summed E-state index contributed by atoms with van der Waals surface area (Å²) in [5.74, 6) is 0. The number of piperidine rings is 2. The molecule has 1 unspecified atom stereocenters. The fraction of sp³-hybridized carbons (Fsp3) is 1.00. The van der Waals surface area contributed by atoms with Gasteiger partial charge in [0, 0.05) is 12.6 Å². The highest BCUT2D eigenvalue weighted by Gasteiger charge is 2.30. The van der Waals surface area contributed by atoms with Crippen molar-refractivity contribution in [2.24, 2.45) is 0 Å². The molecule has 0 aromatic heterocycles. The summed E-state index contributed by atoms with van der Waals surface area (Å²) in [6.45, 7) is 6.73. The third kappa shape index (κ3) is 3.66. The average Bonchev–Trinajstić information content (AvgIpc) is 2.39. The molecular weight excluding hydrogens is 250 g/mol. The van der Waals surface area contributed by atoms with Gasteiger partial charge in [0.15, 0.2) is 0 Å². The molecule has 2 aliphatic rings. The second-order valence-electron chi connectivity index (χ2n) is 5.34. The largest absolute Gasteiger partial charge is 0.317 e. The fourth-order valence-electron chi connectivity index (χ4n) is 2.87. The van der Waals surface area contributed by atoms with Gasteiger partial charge in [-0.05, 0) is 51.9 Å². The number of likely N-dealkylation sites (N-methyl/N-ethyl adjacent to an activating group) is 1. The van der Waals surface area contributed by atoms with E-state index >= 15 is 0 Å². The quantitative estimate of drug-likeness (QED) is 0.766. The molecule has 0 bridgehead atoms. The highest BCUT2D eigenvalue weighted by atomic mass is 32.2. The minimum atomic E-state index is -3.13. The van der Waals surface area contributed by atoms with E-state index in [2.05, 4.69) is 21.9 Å². The van der Waals surface area contributed by atoms with Crippen LogP contribution in [-0.2, 0) is 10.0 Å². The highest BCUT2D eigenvalue weighted by molar-refractivity contribution is 7.90. The van der Waals surface area contributed by atoms with Crippen molar-refractivity contribution in [3.63, 3.8) is 0 Å². The molecule has 2 N–H and O–H groups in total. The van der Waals surface area contributed by atoms with E-state index in [4.69, 9.17) is 0 Å². The Kier molecular flexibility index (Phi) is 5.00. The smallest absolute Gasteiger partial charge is 0.214 e. The van der Waals surface area contributed by atoms with E-state index in [1.807, 2.05) is 0 Å². The standard InChI is InChI=1S/C12H25N3O2S/c1-2-15-9-3-4-11(10-15)14-18(16,17)12-5-7-13-8-6-12/h11-14H,2-10H2,1H3. The molecule has 2 saturated heterocycles. The van der Waals surface area contributed by atoms with Crippen LogP contribution in [0.3, 0.4) is 0 Å². The lowest BCUT2D eigenvalue weighted by molar-refractivity contribution is 0.211. The third-order valence-corrected chi connectivity index (χ3v) is 6.02. The van der Waals surface area contributed by atoms with Gasteiger partial charge in [-0.2, -0.15) is 0 Å². The number of nitrogens with zero attached hydrogens (tertiary/aromatic N) is 1. The molecule has 0 saturated carbocycles. The van der Waals surface area contributed by atoms with E-state index in [-0.39, 0.29) is 11.3 Å². The van der Waals surface area contributed by atoms with Crippen molar-refractivity contribution in [1.29, 1.82) is 0 Å². The Bertz CT molecular complexity index is 352. The number of hydrogen-bond donors (Lipinski definition) is 2. The lowest BCUT2D eigenvalue weighted by atomic mass is 10.1. The summed E-state index contributed by atoms with van der Waals surface area (Å²) in [5, 5.41) is 3.01. The van der Waals surface area contributed by atoms with E-state index in [9.17, 15) is 8.42 Å². The Morgan fingerprint density at radius 1 is 1.28 bits per heavy atom. The Labute approximate surface area is 110 Å². The van der Waals surface area contributed by atoms with Crippen LogP contribution in [0.1, 0.15) is 32.6 Å². The van der Waals surface area contributed by atoms with E-state index in [1.165, 1.54) is 0 Å². The predicted molar refractivity (Wildman–Crippen MR) is 73.1 cm³/mol. The van der Waals surface area contributed by atoms with Gasteiger partial charge >= 0.3 is 0 Å². The SMILES string of the molecule is CCN1CCCC(NS(=O)(=O)C2CCNCC2)C1. The lowest BCUT2D eigenvalue weighted by Gasteiger charge is -2.33. The molecule has 0 aliphatic carbocycles. The summed E-state index contributed by atoms with van der Waals surface area (Å²) < 4.78 is 27.5. The molecule has 0 aromatic carbocycles. The molecule has 1 atom stereocenters. The van der Waals surface area contributed by atoms with Crippen LogP contribution in [0.25, 0.3) is 0 Å². The first-order valence-electron chi connectivity index (χ1n) is 7.06. The molecule has 0 amide bonds. The van der Waals surface area contributed by atoms with Gasteiger partial charge in [-0.25, -0.2) is 13.1 Å². The van der Waals surface area contributed by atoms with E-state index in [1.54, 1.807) is 0 Å². The van der Waals surface area contributed by atoms with Crippen LogP contribution in [0.5, 0.6) is 0 Å². The minimum Gasteiger partial charge on any atom is -0.317 e. The van der Waals surface area contributed by atoms with Gasteiger partial charge in [0.25, 0.3) is 0 Å². The zero-order valence-electron chi connectivity index (χ0n) is 11.2. The number of rotatable bonds is 4. The molecular formula is C12H25N3O2S. The topological polar surface area (TPSA) is 61.4 Å². The first kappa shape index (κ1) is 14.2. The molecule has 106 valence electrons. The van der Waals surface area contributed by atoms with Gasteiger partial charge in [0.05, 0.1) is 5.25 Å². The lowest BCUT2D eigenvalue weighted by Crippen LogP contribution is -2.51. The van der Waals surface area contributed by atoms with Crippen LogP contribution in [0.2, 0.25) is 0 Å². The van der Waals surface area contributed by atoms with Crippen LogP contribution in [0.15, 0.2) is 0 Å². The van der Waals surface area contributed by atoms with Gasteiger partial charge < -0.3 is 10.2 Å². The normalized spacial score (nSPS) is 28.4. The Morgan fingerprint density at radius 2 is 2.00 bits per heavy atom. The van der Waals surface area contributed by atoms with Crippen LogP contribution in [-0.4, -0.2) is 57.3 Å². The van der Waals surface area contributed by atoms with E-state index < -0.39 is 10.0 Å².